The summed E-state index contributed by atoms with van der Waals surface area (Å²) >= 11 is 0. The molecule has 2 aromatic carbocycles. The van der Waals surface area contributed by atoms with Crippen LogP contribution in [0, 0.1) is 26.7 Å². The molecule has 35 heavy (non-hydrogen) atoms. The molecule has 0 spiro atoms. The monoisotopic (exact) mass is 498 g/mol. The van der Waals surface area contributed by atoms with Crippen molar-refractivity contribution in [1.29, 1.82) is 0 Å². The van der Waals surface area contributed by atoms with Gasteiger partial charge in [0.15, 0.2) is 0 Å². The van der Waals surface area contributed by atoms with Gasteiger partial charge in [0.1, 0.15) is 0 Å². The Bertz CT molecular complexity index is 1210. The first kappa shape index (κ1) is 25.2. The van der Waals surface area contributed by atoms with Crippen LogP contribution in [0.5, 0.6) is 0 Å². The van der Waals surface area contributed by atoms with Gasteiger partial charge in [-0.1, -0.05) is 18.2 Å². The van der Waals surface area contributed by atoms with Crippen molar-refractivity contribution in [2.24, 2.45) is 5.92 Å². The number of rotatable bonds is 7. The van der Waals surface area contributed by atoms with Crippen LogP contribution in [0.25, 0.3) is 0 Å². The smallest absolute Gasteiger partial charge is 0.227 e. The van der Waals surface area contributed by atoms with Crippen LogP contribution in [0.15, 0.2) is 42.5 Å². The first-order chi connectivity index (χ1) is 16.6. The Balaban J connectivity index is 1.25. The number of amides is 2. The molecule has 2 aliphatic heterocycles. The zero-order valence-corrected chi connectivity index (χ0v) is 21.5. The average Bonchev–Trinajstić information content (AvgIpc) is 3.22. The highest BCUT2D eigenvalue weighted by atomic mass is 32.2. The van der Waals surface area contributed by atoms with Gasteiger partial charge >= 0.3 is 0 Å². The number of nitrogens with zero attached hydrogens (tertiary/aromatic N) is 3. The van der Waals surface area contributed by atoms with Crippen molar-refractivity contribution in [3.8, 4) is 0 Å². The van der Waals surface area contributed by atoms with Gasteiger partial charge in [0.25, 0.3) is 0 Å². The van der Waals surface area contributed by atoms with E-state index in [0.29, 0.717) is 32.7 Å². The van der Waals surface area contributed by atoms with Gasteiger partial charge in [-0.2, -0.15) is 4.31 Å². The summed E-state index contributed by atoms with van der Waals surface area (Å²) in [5.41, 5.74) is 5.31. The van der Waals surface area contributed by atoms with E-state index in [4.69, 9.17) is 0 Å². The van der Waals surface area contributed by atoms with Gasteiger partial charge in [0.2, 0.25) is 21.8 Å². The summed E-state index contributed by atoms with van der Waals surface area (Å²) in [6, 6.07) is 14.0. The minimum Gasteiger partial charge on any atom is -0.369 e. The van der Waals surface area contributed by atoms with E-state index < -0.39 is 15.9 Å². The molecule has 1 N–H and O–H groups in total. The Morgan fingerprint density at radius 2 is 1.71 bits per heavy atom. The van der Waals surface area contributed by atoms with Crippen LogP contribution in [0.4, 0.5) is 11.4 Å². The van der Waals surface area contributed by atoms with Crippen LogP contribution in [0.2, 0.25) is 0 Å². The third-order valence-corrected chi connectivity index (χ3v) is 8.83. The number of hydrogen-bond acceptors (Lipinski definition) is 5. The molecule has 188 valence electrons. The third-order valence-electron chi connectivity index (χ3n) is 6.96. The predicted octanol–water partition coefficient (Wildman–Crippen LogP) is 2.23. The largest absolute Gasteiger partial charge is 0.369 e. The summed E-state index contributed by atoms with van der Waals surface area (Å²) in [5, 5.41) is 2.74. The molecule has 1 unspecified atom stereocenters. The number of benzene rings is 2. The molecule has 0 aliphatic carbocycles. The van der Waals surface area contributed by atoms with Gasteiger partial charge in [-0.25, -0.2) is 8.42 Å². The van der Waals surface area contributed by atoms with Gasteiger partial charge in [0.05, 0.1) is 11.7 Å². The molecule has 2 amide bonds. The van der Waals surface area contributed by atoms with Gasteiger partial charge in [-0.3, -0.25) is 9.59 Å². The van der Waals surface area contributed by atoms with E-state index in [0.717, 1.165) is 22.5 Å². The number of piperazine rings is 1. The summed E-state index contributed by atoms with van der Waals surface area (Å²) in [6.45, 7) is 8.50. The maximum atomic E-state index is 12.8. The Labute approximate surface area is 207 Å². The molecule has 0 radical (unpaired) electrons. The predicted molar refractivity (Wildman–Crippen MR) is 138 cm³/mol. The van der Waals surface area contributed by atoms with Crippen molar-refractivity contribution < 1.29 is 18.0 Å². The summed E-state index contributed by atoms with van der Waals surface area (Å²) in [6.07, 6.45) is 0.131. The molecule has 4 rings (SSSR count). The minimum absolute atomic E-state index is 0.0353. The molecule has 0 saturated carbocycles. The van der Waals surface area contributed by atoms with Crippen LogP contribution in [-0.2, 0) is 19.6 Å². The topological polar surface area (TPSA) is 90.0 Å². The highest BCUT2D eigenvalue weighted by molar-refractivity contribution is 7.89. The summed E-state index contributed by atoms with van der Waals surface area (Å²) in [7, 11) is -3.48. The molecular formula is C26H34N4O4S. The molecule has 2 aliphatic rings. The second kappa shape index (κ2) is 10.4. The second-order valence-corrected chi connectivity index (χ2v) is 11.6. The molecule has 0 aromatic heterocycles. The first-order valence-corrected chi connectivity index (χ1v) is 13.7. The van der Waals surface area contributed by atoms with Crippen molar-refractivity contribution in [3.05, 3.63) is 59.2 Å². The van der Waals surface area contributed by atoms with Crippen LogP contribution < -0.4 is 15.1 Å². The SMILES string of the molecule is Cc1cccc(N2CCN(S(=O)(=O)CCNC(=O)C3CC(=O)N(c4ccc(C)c(C)c4)C3)CC2)c1. The Morgan fingerprint density at radius 3 is 2.40 bits per heavy atom. The highest BCUT2D eigenvalue weighted by Gasteiger charge is 2.35. The van der Waals surface area contributed by atoms with Gasteiger partial charge in [-0.05, 0) is 61.7 Å². The molecule has 9 heteroatoms. The molecule has 2 saturated heterocycles. The molecular weight excluding hydrogens is 464 g/mol. The number of aryl methyl sites for hydroxylation is 3. The lowest BCUT2D eigenvalue weighted by atomic mass is 10.1. The standard InChI is InChI=1S/C26H34N4O4S/c1-19-5-4-6-23(15-19)28-10-12-29(13-11-28)35(33,34)14-9-27-26(32)22-17-25(31)30(18-22)24-8-7-20(2)21(3)16-24/h4-8,15-16,22H,9-14,17-18H2,1-3H3,(H,27,32). The van der Waals surface area contributed by atoms with Gasteiger partial charge in [-0.15, -0.1) is 0 Å². The third kappa shape index (κ3) is 5.85. The van der Waals surface area contributed by atoms with E-state index in [2.05, 4.69) is 16.3 Å². The van der Waals surface area contributed by atoms with Crippen molar-refractivity contribution in [3.63, 3.8) is 0 Å². The van der Waals surface area contributed by atoms with E-state index >= 15 is 0 Å². The molecule has 2 heterocycles. The maximum Gasteiger partial charge on any atom is 0.227 e. The summed E-state index contributed by atoms with van der Waals surface area (Å²) in [5.74, 6) is -0.994. The Morgan fingerprint density at radius 1 is 0.971 bits per heavy atom. The van der Waals surface area contributed by atoms with Crippen LogP contribution in [-0.4, -0.2) is 69.6 Å². The fraction of sp³-hybridized carbons (Fsp3) is 0.462. The zero-order chi connectivity index (χ0) is 25.2. The van der Waals surface area contributed by atoms with E-state index in [1.165, 1.54) is 9.87 Å². The number of carbonyl (C=O) groups excluding carboxylic acids is 2. The van der Waals surface area contributed by atoms with Crippen LogP contribution >= 0.6 is 0 Å². The molecule has 2 aromatic rings. The van der Waals surface area contributed by atoms with E-state index in [9.17, 15) is 18.0 Å². The summed E-state index contributed by atoms with van der Waals surface area (Å²) in [4.78, 5) is 29.0. The number of hydrogen-bond donors (Lipinski definition) is 1. The minimum atomic E-state index is -3.48. The zero-order valence-electron chi connectivity index (χ0n) is 20.7. The normalized spacial score (nSPS) is 19.3. The fourth-order valence-electron chi connectivity index (χ4n) is 4.65. The Kier molecular flexibility index (Phi) is 7.47. The quantitative estimate of drug-likeness (QED) is 0.632. The lowest BCUT2D eigenvalue weighted by Crippen LogP contribution is -2.50. The Hall–Kier alpha value is -2.91. The van der Waals surface area contributed by atoms with Crippen LogP contribution in [0.1, 0.15) is 23.1 Å². The van der Waals surface area contributed by atoms with Gasteiger partial charge in [0, 0.05) is 57.1 Å². The van der Waals surface area contributed by atoms with E-state index in [1.807, 2.05) is 57.2 Å². The molecule has 8 nitrogen and oxygen atoms in total. The highest BCUT2D eigenvalue weighted by Crippen LogP contribution is 2.27. The van der Waals surface area contributed by atoms with E-state index in [-0.39, 0.29) is 30.5 Å². The number of sulfonamides is 1. The van der Waals surface area contributed by atoms with Crippen LogP contribution in [0.3, 0.4) is 0 Å². The van der Waals surface area contributed by atoms with Crippen molar-refractivity contribution in [2.45, 2.75) is 27.2 Å². The lowest BCUT2D eigenvalue weighted by molar-refractivity contribution is -0.126. The number of nitrogens with one attached hydrogen (secondary N) is 1. The molecule has 2 fully saturated rings. The second-order valence-electron chi connectivity index (χ2n) is 9.51. The van der Waals surface area contributed by atoms with Crippen molar-refractivity contribution >= 4 is 33.2 Å². The lowest BCUT2D eigenvalue weighted by Gasteiger charge is -2.35. The first-order valence-electron chi connectivity index (χ1n) is 12.1. The molecule has 0 bridgehead atoms. The average molecular weight is 499 g/mol. The summed E-state index contributed by atoms with van der Waals surface area (Å²) < 4.78 is 27.2. The molecule has 1 atom stereocenters. The number of carbonyl (C=O) groups is 2. The fourth-order valence-corrected chi connectivity index (χ4v) is 5.99. The van der Waals surface area contributed by atoms with Crippen molar-refractivity contribution in [2.75, 3.05) is 54.8 Å². The van der Waals surface area contributed by atoms with Gasteiger partial charge < -0.3 is 15.1 Å². The van der Waals surface area contributed by atoms with E-state index in [1.54, 1.807) is 4.90 Å². The van der Waals surface area contributed by atoms with Crippen molar-refractivity contribution in [1.82, 2.24) is 9.62 Å². The number of anilines is 2. The maximum absolute atomic E-state index is 12.8.